The predicted octanol–water partition coefficient (Wildman–Crippen LogP) is 1.74. The molecular formula is C11H15F2NO. The molecule has 0 amide bonds. The Bertz CT molecular complexity index is 305. The third-order valence-electron chi connectivity index (χ3n) is 2.07. The number of benzene rings is 1. The monoisotopic (exact) mass is 215 g/mol. The quantitative estimate of drug-likeness (QED) is 0.730. The number of ether oxygens (including phenoxy) is 1. The number of halogens is 2. The lowest BCUT2D eigenvalue weighted by atomic mass is 10.1. The van der Waals surface area contributed by atoms with Crippen LogP contribution in [0.4, 0.5) is 8.78 Å². The van der Waals surface area contributed by atoms with E-state index in [1.165, 1.54) is 12.1 Å². The van der Waals surface area contributed by atoms with Crippen LogP contribution in [0.15, 0.2) is 18.2 Å². The Morgan fingerprint density at radius 2 is 2.07 bits per heavy atom. The number of nitrogens with one attached hydrogen (secondary N) is 1. The Labute approximate surface area is 88.3 Å². The van der Waals surface area contributed by atoms with Gasteiger partial charge in [0.2, 0.25) is 0 Å². The number of rotatable bonds is 6. The largest absolute Gasteiger partial charge is 0.383 e. The standard InChI is InChI=1S/C11H15F2NO/c1-15-7-6-14-5-4-9-2-3-10(12)8-11(9)13/h2-3,8,14H,4-7H2,1H3. The first-order valence-corrected chi connectivity index (χ1v) is 4.87. The first-order valence-electron chi connectivity index (χ1n) is 4.87. The lowest BCUT2D eigenvalue weighted by Gasteiger charge is -2.05. The maximum absolute atomic E-state index is 13.1. The van der Waals surface area contributed by atoms with E-state index >= 15 is 0 Å². The van der Waals surface area contributed by atoms with Gasteiger partial charge in [-0.3, -0.25) is 0 Å². The van der Waals surface area contributed by atoms with Crippen LogP contribution in [0.25, 0.3) is 0 Å². The van der Waals surface area contributed by atoms with Gasteiger partial charge < -0.3 is 10.1 Å². The Kier molecular flexibility index (Phi) is 5.21. The van der Waals surface area contributed by atoms with E-state index < -0.39 is 11.6 Å². The molecule has 0 radical (unpaired) electrons. The highest BCUT2D eigenvalue weighted by Crippen LogP contribution is 2.09. The Hall–Kier alpha value is -1.00. The molecule has 0 heterocycles. The van der Waals surface area contributed by atoms with Crippen LogP contribution in [0, 0.1) is 11.6 Å². The lowest BCUT2D eigenvalue weighted by molar-refractivity contribution is 0.199. The van der Waals surface area contributed by atoms with Gasteiger partial charge in [0.25, 0.3) is 0 Å². The lowest BCUT2D eigenvalue weighted by Crippen LogP contribution is -2.22. The van der Waals surface area contributed by atoms with E-state index in [4.69, 9.17) is 4.74 Å². The molecule has 4 heteroatoms. The molecule has 0 spiro atoms. The van der Waals surface area contributed by atoms with Gasteiger partial charge in [0.05, 0.1) is 6.61 Å². The van der Waals surface area contributed by atoms with E-state index in [0.717, 1.165) is 12.6 Å². The molecule has 0 fully saturated rings. The summed E-state index contributed by atoms with van der Waals surface area (Å²) >= 11 is 0. The zero-order valence-corrected chi connectivity index (χ0v) is 8.72. The molecule has 0 atom stereocenters. The van der Waals surface area contributed by atoms with E-state index in [1.54, 1.807) is 7.11 Å². The van der Waals surface area contributed by atoms with Gasteiger partial charge >= 0.3 is 0 Å². The SMILES string of the molecule is COCCNCCc1ccc(F)cc1F. The molecule has 84 valence electrons. The smallest absolute Gasteiger partial charge is 0.129 e. The molecule has 0 saturated carbocycles. The van der Waals surface area contributed by atoms with Crippen molar-refractivity contribution in [2.75, 3.05) is 26.8 Å². The topological polar surface area (TPSA) is 21.3 Å². The Morgan fingerprint density at radius 3 is 2.73 bits per heavy atom. The number of methoxy groups -OCH3 is 1. The summed E-state index contributed by atoms with van der Waals surface area (Å²) in [6, 6.07) is 3.65. The van der Waals surface area contributed by atoms with Crippen LogP contribution in [0.1, 0.15) is 5.56 Å². The predicted molar refractivity (Wildman–Crippen MR) is 54.8 cm³/mol. The zero-order valence-electron chi connectivity index (χ0n) is 8.72. The van der Waals surface area contributed by atoms with E-state index in [2.05, 4.69) is 5.32 Å². The number of hydrogen-bond donors (Lipinski definition) is 1. The van der Waals surface area contributed by atoms with Crippen LogP contribution in [0.5, 0.6) is 0 Å². The minimum absolute atomic E-state index is 0.483. The summed E-state index contributed by atoms with van der Waals surface area (Å²) in [5.41, 5.74) is 0.529. The molecule has 0 bridgehead atoms. The first kappa shape index (κ1) is 12.1. The van der Waals surface area contributed by atoms with Crippen LogP contribution < -0.4 is 5.32 Å². The van der Waals surface area contributed by atoms with Gasteiger partial charge in [0.15, 0.2) is 0 Å². The summed E-state index contributed by atoms with van der Waals surface area (Å²) in [6.07, 6.45) is 0.551. The molecular weight excluding hydrogens is 200 g/mol. The average Bonchev–Trinajstić information content (AvgIpc) is 2.20. The van der Waals surface area contributed by atoms with E-state index in [-0.39, 0.29) is 0 Å². The van der Waals surface area contributed by atoms with Gasteiger partial charge in [-0.15, -0.1) is 0 Å². The number of hydrogen-bond acceptors (Lipinski definition) is 2. The molecule has 2 nitrogen and oxygen atoms in total. The minimum Gasteiger partial charge on any atom is -0.383 e. The molecule has 0 aliphatic carbocycles. The first-order chi connectivity index (χ1) is 7.24. The van der Waals surface area contributed by atoms with Crippen molar-refractivity contribution in [3.05, 3.63) is 35.4 Å². The van der Waals surface area contributed by atoms with Crippen LogP contribution in [-0.4, -0.2) is 26.8 Å². The van der Waals surface area contributed by atoms with Crippen molar-refractivity contribution in [1.29, 1.82) is 0 Å². The van der Waals surface area contributed by atoms with Gasteiger partial charge in [-0.25, -0.2) is 8.78 Å². The maximum Gasteiger partial charge on any atom is 0.129 e. The van der Waals surface area contributed by atoms with Crippen LogP contribution >= 0.6 is 0 Å². The van der Waals surface area contributed by atoms with Crippen molar-refractivity contribution >= 4 is 0 Å². The highest BCUT2D eigenvalue weighted by molar-refractivity contribution is 5.18. The second-order valence-corrected chi connectivity index (χ2v) is 3.23. The molecule has 1 aromatic carbocycles. The van der Waals surface area contributed by atoms with Crippen molar-refractivity contribution in [1.82, 2.24) is 5.32 Å². The molecule has 0 aliphatic rings. The second kappa shape index (κ2) is 6.48. The van der Waals surface area contributed by atoms with Gasteiger partial charge in [-0.2, -0.15) is 0 Å². The maximum atomic E-state index is 13.1. The third kappa shape index (κ3) is 4.36. The van der Waals surface area contributed by atoms with Gasteiger partial charge in [-0.1, -0.05) is 6.07 Å². The molecule has 0 aliphatic heterocycles. The summed E-state index contributed by atoms with van der Waals surface area (Å²) < 4.78 is 30.5. The van der Waals surface area contributed by atoms with Crippen molar-refractivity contribution < 1.29 is 13.5 Å². The zero-order chi connectivity index (χ0) is 11.1. The highest BCUT2D eigenvalue weighted by Gasteiger charge is 2.02. The van der Waals surface area contributed by atoms with Crippen molar-refractivity contribution in [3.8, 4) is 0 Å². The molecule has 0 aromatic heterocycles. The fourth-order valence-corrected chi connectivity index (χ4v) is 1.25. The fourth-order valence-electron chi connectivity index (χ4n) is 1.25. The van der Waals surface area contributed by atoms with Gasteiger partial charge in [-0.05, 0) is 24.6 Å². The summed E-state index contributed by atoms with van der Waals surface area (Å²) in [6.45, 7) is 2.02. The van der Waals surface area contributed by atoms with Crippen molar-refractivity contribution in [2.24, 2.45) is 0 Å². The van der Waals surface area contributed by atoms with Crippen LogP contribution in [0.3, 0.4) is 0 Å². The Balaban J connectivity index is 2.31. The minimum atomic E-state index is -0.538. The summed E-state index contributed by atoms with van der Waals surface area (Å²) in [4.78, 5) is 0. The summed E-state index contributed by atoms with van der Waals surface area (Å²) in [7, 11) is 1.63. The third-order valence-corrected chi connectivity index (χ3v) is 2.07. The normalized spacial score (nSPS) is 10.6. The average molecular weight is 215 g/mol. The van der Waals surface area contributed by atoms with E-state index in [9.17, 15) is 8.78 Å². The van der Waals surface area contributed by atoms with Crippen molar-refractivity contribution in [3.63, 3.8) is 0 Å². The van der Waals surface area contributed by atoms with Crippen molar-refractivity contribution in [2.45, 2.75) is 6.42 Å². The molecule has 0 unspecified atom stereocenters. The van der Waals surface area contributed by atoms with Gasteiger partial charge in [0.1, 0.15) is 11.6 Å². The van der Waals surface area contributed by atoms with Crippen LogP contribution in [-0.2, 0) is 11.2 Å². The fraction of sp³-hybridized carbons (Fsp3) is 0.455. The molecule has 0 saturated heterocycles. The molecule has 1 aromatic rings. The second-order valence-electron chi connectivity index (χ2n) is 3.23. The molecule has 1 N–H and O–H groups in total. The van der Waals surface area contributed by atoms with Gasteiger partial charge in [0, 0.05) is 19.7 Å². The molecule has 1 rings (SSSR count). The molecule has 15 heavy (non-hydrogen) atoms. The summed E-state index contributed by atoms with van der Waals surface area (Å²) in [5, 5.41) is 3.09. The van der Waals surface area contributed by atoms with E-state index in [0.29, 0.717) is 25.1 Å². The highest BCUT2D eigenvalue weighted by atomic mass is 19.1. The van der Waals surface area contributed by atoms with E-state index in [1.807, 2.05) is 0 Å². The van der Waals surface area contributed by atoms with Crippen LogP contribution in [0.2, 0.25) is 0 Å². The summed E-state index contributed by atoms with van der Waals surface area (Å²) in [5.74, 6) is -1.02. The Morgan fingerprint density at radius 1 is 1.27 bits per heavy atom.